The Morgan fingerprint density at radius 3 is 1.51 bits per heavy atom. The second-order valence-corrected chi connectivity index (χ2v) is 7.88. The average molecular weight is 573 g/mol. The Labute approximate surface area is 236 Å². The first-order chi connectivity index (χ1) is 19.2. The van der Waals surface area contributed by atoms with Gasteiger partial charge in [0.1, 0.15) is 11.5 Å². The number of ether oxygens (including phenoxy) is 3. The Kier molecular flexibility index (Phi) is 16.2. The van der Waals surface area contributed by atoms with E-state index in [9.17, 15) is 33.9 Å². The number of para-hydroxylation sites is 2. The molecule has 0 atom stereocenters. The van der Waals surface area contributed by atoms with Gasteiger partial charge in [-0.2, -0.15) is 0 Å². The first-order valence-corrected chi connectivity index (χ1v) is 11.5. The summed E-state index contributed by atoms with van der Waals surface area (Å²) < 4.78 is 13.5. The molecule has 2 amide bonds. The molecule has 41 heavy (non-hydrogen) atoms. The predicted octanol–water partition coefficient (Wildman–Crippen LogP) is 1.92. The fraction of sp³-hybridized carbons (Fsp3) is 0.214. The second-order valence-electron chi connectivity index (χ2n) is 7.88. The SMILES string of the molecule is CN(C)C(=O)c1ccccc1O.COC(=O)/C=C/C(=O)O.COC(=O)/C=C/C(=O)Oc1ccccc1C(=O)N(C)C. The summed E-state index contributed by atoms with van der Waals surface area (Å²) in [6, 6.07) is 12.8. The molecule has 0 radical (unpaired) electrons. The fourth-order valence-corrected chi connectivity index (χ4v) is 2.42. The van der Waals surface area contributed by atoms with Gasteiger partial charge < -0.3 is 34.2 Å². The standard InChI is InChI=1S/C14H15NO5.C9H11NO2.C5H6O4/c1-15(2)14(18)10-6-4-5-7-11(10)20-13(17)9-8-12(16)19-3;1-10(2)9(12)7-5-3-4-6-8(7)11;1-9-5(8)3-2-4(6)7/h4-9H,1-3H3;3-6,11H,1-2H3;2-3H,1H3,(H,6,7)/b9-8+;;3-2+. The molecule has 0 unspecified atom stereocenters. The molecule has 0 saturated carbocycles. The Morgan fingerprint density at radius 1 is 0.634 bits per heavy atom. The van der Waals surface area contributed by atoms with E-state index >= 15 is 0 Å². The smallest absolute Gasteiger partial charge is 0.336 e. The number of carbonyl (C=O) groups excluding carboxylic acids is 5. The number of methoxy groups -OCH3 is 2. The van der Waals surface area contributed by atoms with E-state index in [1.54, 1.807) is 64.6 Å². The van der Waals surface area contributed by atoms with Crippen molar-refractivity contribution in [3.05, 3.63) is 84.0 Å². The Morgan fingerprint density at radius 2 is 1.05 bits per heavy atom. The molecule has 0 fully saturated rings. The number of aliphatic carboxylic acids is 1. The molecule has 0 aliphatic carbocycles. The maximum Gasteiger partial charge on any atom is 0.336 e. The summed E-state index contributed by atoms with van der Waals surface area (Å²) in [6.45, 7) is 0. The molecular weight excluding hydrogens is 540 g/mol. The molecular formula is C28H32N2O11. The number of rotatable bonds is 7. The number of esters is 3. The van der Waals surface area contributed by atoms with Crippen molar-refractivity contribution in [2.24, 2.45) is 0 Å². The summed E-state index contributed by atoms with van der Waals surface area (Å²) in [5.74, 6) is -3.59. The van der Waals surface area contributed by atoms with Gasteiger partial charge in [0.05, 0.1) is 25.3 Å². The van der Waals surface area contributed by atoms with Crippen molar-refractivity contribution >= 4 is 35.7 Å². The molecule has 0 heterocycles. The monoisotopic (exact) mass is 572 g/mol. The first kappa shape index (κ1) is 35.5. The van der Waals surface area contributed by atoms with Gasteiger partial charge in [-0.25, -0.2) is 19.2 Å². The highest BCUT2D eigenvalue weighted by atomic mass is 16.5. The highest BCUT2D eigenvalue weighted by molar-refractivity contribution is 5.99. The van der Waals surface area contributed by atoms with Gasteiger partial charge in [-0.3, -0.25) is 9.59 Å². The van der Waals surface area contributed by atoms with Crippen molar-refractivity contribution < 1.29 is 53.2 Å². The van der Waals surface area contributed by atoms with Crippen molar-refractivity contribution in [2.45, 2.75) is 0 Å². The number of benzene rings is 2. The third kappa shape index (κ3) is 14.3. The summed E-state index contributed by atoms with van der Waals surface area (Å²) in [5, 5.41) is 17.2. The molecule has 13 nitrogen and oxygen atoms in total. The second kappa shape index (κ2) is 18.7. The number of hydrogen-bond donors (Lipinski definition) is 2. The van der Waals surface area contributed by atoms with E-state index in [-0.39, 0.29) is 28.9 Å². The van der Waals surface area contributed by atoms with Gasteiger partial charge in [0.2, 0.25) is 0 Å². The molecule has 0 spiro atoms. The van der Waals surface area contributed by atoms with Gasteiger partial charge in [0, 0.05) is 52.5 Å². The van der Waals surface area contributed by atoms with E-state index in [4.69, 9.17) is 9.84 Å². The summed E-state index contributed by atoms with van der Waals surface area (Å²) in [4.78, 5) is 68.3. The van der Waals surface area contributed by atoms with Crippen LogP contribution in [0.1, 0.15) is 20.7 Å². The van der Waals surface area contributed by atoms with Crippen LogP contribution in [0, 0.1) is 0 Å². The van der Waals surface area contributed by atoms with Gasteiger partial charge in [-0.05, 0) is 24.3 Å². The summed E-state index contributed by atoms with van der Waals surface area (Å²) >= 11 is 0. The number of carboxylic acid groups (broad SMARTS) is 1. The average Bonchev–Trinajstić information content (AvgIpc) is 2.94. The van der Waals surface area contributed by atoms with Gasteiger partial charge in [-0.1, -0.05) is 24.3 Å². The summed E-state index contributed by atoms with van der Waals surface area (Å²) in [5.41, 5.74) is 0.597. The number of phenolic OH excluding ortho intramolecular Hbond substituents is 1. The van der Waals surface area contributed by atoms with Gasteiger partial charge in [0.25, 0.3) is 11.8 Å². The summed E-state index contributed by atoms with van der Waals surface area (Å²) in [6.07, 6.45) is 3.43. The van der Waals surface area contributed by atoms with Crippen molar-refractivity contribution in [2.75, 3.05) is 42.4 Å². The lowest BCUT2D eigenvalue weighted by atomic mass is 10.2. The largest absolute Gasteiger partial charge is 0.507 e. The fourth-order valence-electron chi connectivity index (χ4n) is 2.42. The van der Waals surface area contributed by atoms with Crippen molar-refractivity contribution in [3.63, 3.8) is 0 Å². The highest BCUT2D eigenvalue weighted by Crippen LogP contribution is 2.19. The molecule has 0 aliphatic rings. The molecule has 220 valence electrons. The zero-order chi connectivity index (χ0) is 31.5. The van der Waals surface area contributed by atoms with E-state index < -0.39 is 23.9 Å². The van der Waals surface area contributed by atoms with Crippen LogP contribution in [0.25, 0.3) is 0 Å². The number of carbonyl (C=O) groups is 6. The van der Waals surface area contributed by atoms with E-state index in [0.717, 1.165) is 18.2 Å². The maximum absolute atomic E-state index is 11.9. The predicted molar refractivity (Wildman–Crippen MR) is 146 cm³/mol. The minimum Gasteiger partial charge on any atom is -0.507 e. The van der Waals surface area contributed by atoms with Gasteiger partial charge in [-0.15, -0.1) is 0 Å². The van der Waals surface area contributed by atoms with E-state index in [2.05, 4.69) is 9.47 Å². The number of hydrogen-bond acceptors (Lipinski definition) is 10. The minimum absolute atomic E-state index is 0.0243. The van der Waals surface area contributed by atoms with E-state index in [1.165, 1.54) is 36.2 Å². The topological polar surface area (TPSA) is 177 Å². The number of aromatic hydroxyl groups is 1. The van der Waals surface area contributed by atoms with Gasteiger partial charge >= 0.3 is 23.9 Å². The molecule has 0 bridgehead atoms. The van der Waals surface area contributed by atoms with Crippen LogP contribution in [-0.4, -0.2) is 98.1 Å². The molecule has 2 rings (SSSR count). The Bertz CT molecular complexity index is 1280. The number of phenols is 1. The zero-order valence-corrected chi connectivity index (χ0v) is 23.4. The number of carboxylic acids is 1. The third-order valence-electron chi connectivity index (χ3n) is 4.39. The molecule has 0 aliphatic heterocycles. The molecule has 2 N–H and O–H groups in total. The van der Waals surface area contributed by atoms with Gasteiger partial charge in [0.15, 0.2) is 0 Å². The molecule has 2 aromatic carbocycles. The summed E-state index contributed by atoms with van der Waals surface area (Å²) in [7, 11) is 8.86. The number of amides is 2. The molecule has 0 saturated heterocycles. The first-order valence-electron chi connectivity index (χ1n) is 11.5. The van der Waals surface area contributed by atoms with Crippen LogP contribution in [0.5, 0.6) is 11.5 Å². The molecule has 13 heteroatoms. The van der Waals surface area contributed by atoms with E-state index in [0.29, 0.717) is 11.6 Å². The van der Waals surface area contributed by atoms with Crippen molar-refractivity contribution in [1.29, 1.82) is 0 Å². The Hall–Kier alpha value is -5.46. The van der Waals surface area contributed by atoms with Crippen LogP contribution in [0.4, 0.5) is 0 Å². The Balaban J connectivity index is 0.000000646. The highest BCUT2D eigenvalue weighted by Gasteiger charge is 2.15. The lowest BCUT2D eigenvalue weighted by Crippen LogP contribution is -2.22. The van der Waals surface area contributed by atoms with Crippen molar-refractivity contribution in [1.82, 2.24) is 9.80 Å². The number of nitrogens with zero attached hydrogens (tertiary/aromatic N) is 2. The lowest BCUT2D eigenvalue weighted by Gasteiger charge is -2.13. The quantitative estimate of drug-likeness (QED) is 0.281. The van der Waals surface area contributed by atoms with Crippen LogP contribution in [0.3, 0.4) is 0 Å². The lowest BCUT2D eigenvalue weighted by molar-refractivity contribution is -0.136. The normalized spacial score (nSPS) is 9.80. The van der Waals surface area contributed by atoms with E-state index in [1.807, 2.05) is 0 Å². The van der Waals surface area contributed by atoms with Crippen molar-refractivity contribution in [3.8, 4) is 11.5 Å². The van der Waals surface area contributed by atoms with Crippen LogP contribution >= 0.6 is 0 Å². The zero-order valence-electron chi connectivity index (χ0n) is 23.4. The third-order valence-corrected chi connectivity index (χ3v) is 4.39. The van der Waals surface area contributed by atoms with Crippen LogP contribution < -0.4 is 4.74 Å². The van der Waals surface area contributed by atoms with Crippen LogP contribution in [-0.2, 0) is 28.7 Å². The molecule has 0 aromatic heterocycles. The van der Waals surface area contributed by atoms with Crippen LogP contribution in [0.15, 0.2) is 72.8 Å². The van der Waals surface area contributed by atoms with Crippen LogP contribution in [0.2, 0.25) is 0 Å². The molecule has 2 aromatic rings. The maximum atomic E-state index is 11.9. The minimum atomic E-state index is -1.17.